The van der Waals surface area contributed by atoms with Gasteiger partial charge >= 0.3 is 12.5 Å². The number of hydrogen-bond acceptors (Lipinski definition) is 5. The molecule has 0 aliphatic carbocycles. The lowest BCUT2D eigenvalue weighted by Crippen LogP contribution is -2.17. The molecule has 1 aromatic heterocycles. The van der Waals surface area contributed by atoms with Gasteiger partial charge in [0.2, 0.25) is 0 Å². The van der Waals surface area contributed by atoms with Crippen molar-refractivity contribution < 1.29 is 39.5 Å². The summed E-state index contributed by atoms with van der Waals surface area (Å²) >= 11 is 0. The number of nitrogens with zero attached hydrogens (tertiary/aromatic N) is 3. The van der Waals surface area contributed by atoms with E-state index in [0.717, 1.165) is 54.9 Å². The molecular weight excluding hydrogens is 428 g/mol. The van der Waals surface area contributed by atoms with Gasteiger partial charge in [-0.3, -0.25) is 0 Å². The van der Waals surface area contributed by atoms with Crippen LogP contribution in [0.3, 0.4) is 0 Å². The predicted molar refractivity (Wildman–Crippen MR) is 86.2 cm³/mol. The number of rotatable bonds is 4. The summed E-state index contributed by atoms with van der Waals surface area (Å²) in [5.74, 6) is -0.764. The van der Waals surface area contributed by atoms with Crippen molar-refractivity contribution in [3.8, 4) is 17.1 Å². The smallest absolute Gasteiger partial charge is 0.406 e. The first-order valence-corrected chi connectivity index (χ1v) is 9.01. The van der Waals surface area contributed by atoms with Crippen molar-refractivity contribution >= 4 is 10.0 Å². The van der Waals surface area contributed by atoms with Crippen molar-refractivity contribution in [2.75, 3.05) is 0 Å². The number of aromatic nitrogens is 3. The highest BCUT2D eigenvalue weighted by atomic mass is 32.2. The van der Waals surface area contributed by atoms with Crippen molar-refractivity contribution in [2.45, 2.75) is 17.4 Å². The van der Waals surface area contributed by atoms with E-state index in [-0.39, 0.29) is 11.4 Å². The summed E-state index contributed by atoms with van der Waals surface area (Å²) < 4.78 is 103. The summed E-state index contributed by atoms with van der Waals surface area (Å²) in [6, 6.07) is 7.15. The van der Waals surface area contributed by atoms with E-state index in [9.17, 15) is 34.8 Å². The molecule has 13 heteroatoms. The molecule has 0 atom stereocenters. The lowest BCUT2D eigenvalue weighted by molar-refractivity contribution is -0.274. The number of halogens is 6. The Morgan fingerprint density at radius 1 is 0.862 bits per heavy atom. The molecule has 0 saturated heterocycles. The Morgan fingerprint density at radius 3 is 1.97 bits per heavy atom. The van der Waals surface area contributed by atoms with Crippen LogP contribution >= 0.6 is 0 Å². The fourth-order valence-corrected chi connectivity index (χ4v) is 3.28. The molecule has 0 bridgehead atoms. The van der Waals surface area contributed by atoms with E-state index in [0.29, 0.717) is 4.09 Å². The van der Waals surface area contributed by atoms with E-state index in [1.54, 1.807) is 0 Å². The summed E-state index contributed by atoms with van der Waals surface area (Å²) in [6.07, 6.45) is -8.64. The Kier molecular flexibility index (Phi) is 5.03. The van der Waals surface area contributed by atoms with Gasteiger partial charge in [0.1, 0.15) is 12.1 Å². The van der Waals surface area contributed by atoms with Gasteiger partial charge in [0.15, 0.2) is 5.82 Å². The van der Waals surface area contributed by atoms with Crippen molar-refractivity contribution in [1.29, 1.82) is 0 Å². The Morgan fingerprint density at radius 2 is 1.45 bits per heavy atom. The van der Waals surface area contributed by atoms with Gasteiger partial charge in [0, 0.05) is 5.56 Å². The van der Waals surface area contributed by atoms with Gasteiger partial charge in [-0.2, -0.15) is 21.6 Å². The number of hydrogen-bond donors (Lipinski definition) is 0. The van der Waals surface area contributed by atoms with E-state index in [1.807, 2.05) is 0 Å². The second kappa shape index (κ2) is 7.06. The third kappa shape index (κ3) is 4.67. The third-order valence-corrected chi connectivity index (χ3v) is 5.08. The molecule has 0 saturated carbocycles. The molecule has 29 heavy (non-hydrogen) atoms. The van der Waals surface area contributed by atoms with Crippen molar-refractivity contribution in [3.05, 3.63) is 60.4 Å². The van der Waals surface area contributed by atoms with Crippen LogP contribution in [0.2, 0.25) is 0 Å². The maximum absolute atomic E-state index is 12.6. The molecule has 0 aliphatic rings. The minimum atomic E-state index is -4.93. The predicted octanol–water partition coefficient (Wildman–Crippen LogP) is 4.10. The molecule has 3 aromatic rings. The second-order valence-electron chi connectivity index (χ2n) is 5.54. The number of alkyl halides is 6. The van der Waals surface area contributed by atoms with Gasteiger partial charge in [-0.05, 0) is 36.4 Å². The molecule has 0 aliphatic heterocycles. The lowest BCUT2D eigenvalue weighted by atomic mass is 10.1. The second-order valence-corrected chi connectivity index (χ2v) is 7.34. The zero-order valence-corrected chi connectivity index (χ0v) is 14.8. The zero-order valence-electron chi connectivity index (χ0n) is 13.9. The van der Waals surface area contributed by atoms with Crippen LogP contribution in [0.5, 0.6) is 5.75 Å². The van der Waals surface area contributed by atoms with Crippen LogP contribution in [0, 0.1) is 0 Å². The SMILES string of the molecule is O=S(=O)(c1ccc(OC(F)(F)F)cc1)n1cnc(-c2ccc(C(F)(F)F)cc2)n1. The van der Waals surface area contributed by atoms with E-state index < -0.39 is 38.8 Å². The van der Waals surface area contributed by atoms with Crippen LogP contribution in [0.1, 0.15) is 5.56 Å². The highest BCUT2D eigenvalue weighted by Gasteiger charge is 2.32. The fraction of sp³-hybridized carbons (Fsp3) is 0.125. The van der Waals surface area contributed by atoms with Crippen LogP contribution in [0.4, 0.5) is 26.3 Å². The number of ether oxygens (including phenoxy) is 1. The van der Waals surface area contributed by atoms with Gasteiger partial charge in [-0.1, -0.05) is 12.1 Å². The minimum absolute atomic E-state index is 0.140. The summed E-state index contributed by atoms with van der Waals surface area (Å²) in [5.41, 5.74) is -0.754. The highest BCUT2D eigenvalue weighted by molar-refractivity contribution is 7.89. The maximum Gasteiger partial charge on any atom is 0.573 e. The molecule has 0 unspecified atom stereocenters. The monoisotopic (exact) mass is 437 g/mol. The van der Waals surface area contributed by atoms with Crippen LogP contribution in [-0.4, -0.2) is 28.9 Å². The normalized spacial score (nSPS) is 12.8. The average molecular weight is 437 g/mol. The van der Waals surface area contributed by atoms with E-state index in [2.05, 4.69) is 14.8 Å². The van der Waals surface area contributed by atoms with Gasteiger partial charge in [-0.15, -0.1) is 22.4 Å². The molecule has 1 heterocycles. The molecule has 3 rings (SSSR count). The molecule has 154 valence electrons. The van der Waals surface area contributed by atoms with Gasteiger partial charge in [-0.25, -0.2) is 4.98 Å². The van der Waals surface area contributed by atoms with Crippen molar-refractivity contribution in [1.82, 2.24) is 14.2 Å². The standard InChI is InChI=1S/C16H9F6N3O3S/c17-15(18,19)11-3-1-10(2-4-11)14-23-9-25(24-14)29(26,27)13-7-5-12(6-8-13)28-16(20,21)22/h1-9H. The molecule has 2 aromatic carbocycles. The molecule has 0 N–H and O–H groups in total. The first-order valence-electron chi connectivity index (χ1n) is 7.57. The van der Waals surface area contributed by atoms with Gasteiger partial charge < -0.3 is 4.74 Å². The molecule has 0 fully saturated rings. The van der Waals surface area contributed by atoms with E-state index in [4.69, 9.17) is 0 Å². The Balaban J connectivity index is 1.85. The van der Waals surface area contributed by atoms with Crippen LogP contribution in [0.25, 0.3) is 11.4 Å². The molecule has 0 amide bonds. The summed E-state index contributed by atoms with van der Waals surface area (Å²) in [6.45, 7) is 0. The van der Waals surface area contributed by atoms with Crippen molar-refractivity contribution in [2.24, 2.45) is 0 Å². The summed E-state index contributed by atoms with van der Waals surface area (Å²) in [4.78, 5) is 3.36. The van der Waals surface area contributed by atoms with Gasteiger partial charge in [0.25, 0.3) is 10.0 Å². The fourth-order valence-electron chi connectivity index (χ4n) is 2.23. The zero-order chi connectivity index (χ0) is 21.4. The minimum Gasteiger partial charge on any atom is -0.406 e. The lowest BCUT2D eigenvalue weighted by Gasteiger charge is -2.09. The Hall–Kier alpha value is -3.09. The van der Waals surface area contributed by atoms with Crippen LogP contribution in [0.15, 0.2) is 59.8 Å². The molecule has 6 nitrogen and oxygen atoms in total. The van der Waals surface area contributed by atoms with Gasteiger partial charge in [0.05, 0.1) is 10.5 Å². The van der Waals surface area contributed by atoms with Crippen LogP contribution < -0.4 is 4.74 Å². The average Bonchev–Trinajstić information content (AvgIpc) is 3.11. The number of benzene rings is 2. The quantitative estimate of drug-likeness (QED) is 0.575. The molecule has 0 spiro atoms. The summed E-state index contributed by atoms with van der Waals surface area (Å²) in [5, 5.41) is 3.73. The Labute approximate surface area is 159 Å². The van der Waals surface area contributed by atoms with E-state index in [1.165, 1.54) is 0 Å². The Bertz CT molecular complexity index is 1100. The first kappa shape index (κ1) is 20.6. The molecular formula is C16H9F6N3O3S. The third-order valence-electron chi connectivity index (χ3n) is 3.54. The first-order chi connectivity index (χ1) is 13.4. The largest absolute Gasteiger partial charge is 0.573 e. The maximum atomic E-state index is 12.6. The highest BCUT2D eigenvalue weighted by Crippen LogP contribution is 2.30. The topological polar surface area (TPSA) is 74.1 Å². The van der Waals surface area contributed by atoms with Crippen molar-refractivity contribution in [3.63, 3.8) is 0 Å². The van der Waals surface area contributed by atoms with Crippen LogP contribution in [-0.2, 0) is 16.2 Å². The van der Waals surface area contributed by atoms with E-state index >= 15 is 0 Å². The summed E-state index contributed by atoms with van der Waals surface area (Å²) in [7, 11) is -4.29. The molecule has 0 radical (unpaired) electrons.